The van der Waals surface area contributed by atoms with Crippen LogP contribution in [0, 0.1) is 0 Å². The molecule has 114 valence electrons. The maximum atomic E-state index is 12.1. The van der Waals surface area contributed by atoms with Crippen LogP contribution in [0.4, 0.5) is 0 Å². The number of β-amino-alcohol motifs (C(OH)–C–C–N with tert-alkyl or cyclic N) is 1. The molecule has 2 fully saturated rings. The lowest BCUT2D eigenvalue weighted by atomic mass is 10.1. The molecule has 6 nitrogen and oxygen atoms in total. The van der Waals surface area contributed by atoms with E-state index in [0.29, 0.717) is 6.54 Å². The average Bonchev–Trinajstić information content (AvgIpc) is 2.90. The van der Waals surface area contributed by atoms with E-state index in [0.717, 1.165) is 51.4 Å². The van der Waals surface area contributed by atoms with E-state index < -0.39 is 0 Å². The van der Waals surface area contributed by atoms with Crippen LogP contribution in [0.2, 0.25) is 0 Å². The zero-order chi connectivity index (χ0) is 14.4. The summed E-state index contributed by atoms with van der Waals surface area (Å²) >= 11 is 0. The average molecular weight is 282 g/mol. The Bertz CT molecular complexity index is 353. The number of carbonyl (C=O) groups excluding carboxylic acids is 1. The lowest BCUT2D eigenvalue weighted by Crippen LogP contribution is -2.42. The number of amides is 1. The van der Waals surface area contributed by atoms with Gasteiger partial charge in [-0.1, -0.05) is 0 Å². The highest BCUT2D eigenvalue weighted by molar-refractivity contribution is 5.85. The molecule has 2 aliphatic heterocycles. The van der Waals surface area contributed by atoms with Crippen LogP contribution in [0.5, 0.6) is 0 Å². The van der Waals surface area contributed by atoms with E-state index in [1.54, 1.807) is 0 Å². The fourth-order valence-corrected chi connectivity index (χ4v) is 2.75. The van der Waals surface area contributed by atoms with Crippen LogP contribution in [0.25, 0.3) is 0 Å². The van der Waals surface area contributed by atoms with E-state index in [9.17, 15) is 9.90 Å². The van der Waals surface area contributed by atoms with Crippen LogP contribution in [0.1, 0.15) is 32.6 Å². The zero-order valence-electron chi connectivity index (χ0n) is 12.3. The van der Waals surface area contributed by atoms with Crippen LogP contribution in [0.3, 0.4) is 0 Å². The van der Waals surface area contributed by atoms with Crippen LogP contribution < -0.4 is 5.32 Å². The SMILES string of the molecule is CCNC(=NCC(=O)N1CCCCC1)N1CC[C@@H](O)C1. The molecule has 2 heterocycles. The number of aliphatic imine (C=N–C) groups is 1. The van der Waals surface area contributed by atoms with Gasteiger partial charge < -0.3 is 20.2 Å². The van der Waals surface area contributed by atoms with Crippen LogP contribution >= 0.6 is 0 Å². The van der Waals surface area contributed by atoms with Crippen molar-refractivity contribution in [3.63, 3.8) is 0 Å². The van der Waals surface area contributed by atoms with Gasteiger partial charge in [-0.2, -0.15) is 0 Å². The third-order valence-electron chi connectivity index (χ3n) is 3.87. The molecule has 20 heavy (non-hydrogen) atoms. The first kappa shape index (κ1) is 15.1. The van der Waals surface area contributed by atoms with Gasteiger partial charge in [0.15, 0.2) is 5.96 Å². The summed E-state index contributed by atoms with van der Waals surface area (Å²) in [4.78, 5) is 20.5. The Kier molecular flexibility index (Phi) is 5.64. The summed E-state index contributed by atoms with van der Waals surface area (Å²) in [5.41, 5.74) is 0. The van der Waals surface area contributed by atoms with Gasteiger partial charge in [0, 0.05) is 32.7 Å². The molecule has 0 saturated carbocycles. The number of aliphatic hydroxyl groups excluding tert-OH is 1. The van der Waals surface area contributed by atoms with Crippen molar-refractivity contribution in [3.05, 3.63) is 0 Å². The Hall–Kier alpha value is -1.30. The summed E-state index contributed by atoms with van der Waals surface area (Å²) in [6, 6.07) is 0. The highest BCUT2D eigenvalue weighted by Gasteiger charge is 2.23. The molecule has 0 aromatic heterocycles. The van der Waals surface area contributed by atoms with E-state index in [4.69, 9.17) is 0 Å². The Balaban J connectivity index is 1.89. The Morgan fingerprint density at radius 2 is 2.00 bits per heavy atom. The molecule has 0 radical (unpaired) electrons. The zero-order valence-corrected chi connectivity index (χ0v) is 12.3. The minimum absolute atomic E-state index is 0.111. The first-order valence-electron chi connectivity index (χ1n) is 7.69. The van der Waals surface area contributed by atoms with Crippen molar-refractivity contribution in [2.75, 3.05) is 39.3 Å². The molecule has 6 heteroatoms. The van der Waals surface area contributed by atoms with Crippen LogP contribution in [0.15, 0.2) is 4.99 Å². The van der Waals surface area contributed by atoms with Crippen molar-refractivity contribution in [2.45, 2.75) is 38.7 Å². The van der Waals surface area contributed by atoms with E-state index in [1.807, 2.05) is 16.7 Å². The second kappa shape index (κ2) is 7.47. The van der Waals surface area contributed by atoms with Crippen molar-refractivity contribution in [1.29, 1.82) is 0 Å². The Morgan fingerprint density at radius 3 is 2.60 bits per heavy atom. The lowest BCUT2D eigenvalue weighted by molar-refractivity contribution is -0.130. The molecule has 1 amide bonds. The molecule has 0 spiro atoms. The Labute approximate surface area is 120 Å². The number of hydrogen-bond acceptors (Lipinski definition) is 3. The quantitative estimate of drug-likeness (QED) is 0.566. The smallest absolute Gasteiger partial charge is 0.244 e. The maximum Gasteiger partial charge on any atom is 0.244 e. The minimum atomic E-state index is -0.281. The van der Waals surface area contributed by atoms with Gasteiger partial charge in [0.2, 0.25) is 5.91 Å². The molecule has 2 N–H and O–H groups in total. The van der Waals surface area contributed by atoms with E-state index in [2.05, 4.69) is 10.3 Å². The van der Waals surface area contributed by atoms with Gasteiger partial charge in [0.05, 0.1) is 6.10 Å². The molecule has 0 aromatic rings. The number of carbonyl (C=O) groups is 1. The summed E-state index contributed by atoms with van der Waals surface area (Å²) < 4.78 is 0. The van der Waals surface area contributed by atoms with Crippen molar-refractivity contribution < 1.29 is 9.90 Å². The fraction of sp³-hybridized carbons (Fsp3) is 0.857. The predicted molar refractivity (Wildman–Crippen MR) is 78.6 cm³/mol. The maximum absolute atomic E-state index is 12.1. The highest BCUT2D eigenvalue weighted by Crippen LogP contribution is 2.10. The van der Waals surface area contributed by atoms with E-state index in [1.165, 1.54) is 6.42 Å². The first-order chi connectivity index (χ1) is 9.70. The summed E-state index contributed by atoms with van der Waals surface area (Å²) in [5, 5.41) is 12.8. The summed E-state index contributed by atoms with van der Waals surface area (Å²) in [6.07, 6.45) is 3.92. The number of rotatable bonds is 3. The van der Waals surface area contributed by atoms with E-state index in [-0.39, 0.29) is 18.6 Å². The molecule has 0 unspecified atom stereocenters. The minimum Gasteiger partial charge on any atom is -0.391 e. The van der Waals surface area contributed by atoms with Crippen LogP contribution in [-0.2, 0) is 4.79 Å². The molecule has 2 saturated heterocycles. The van der Waals surface area contributed by atoms with Crippen LogP contribution in [-0.4, -0.2) is 72.1 Å². The topological polar surface area (TPSA) is 68.2 Å². The van der Waals surface area contributed by atoms with Gasteiger partial charge in [0.25, 0.3) is 0 Å². The molecular weight excluding hydrogens is 256 g/mol. The second-order valence-corrected chi connectivity index (χ2v) is 5.50. The van der Waals surface area contributed by atoms with Crippen molar-refractivity contribution >= 4 is 11.9 Å². The molecular formula is C14H26N4O2. The standard InChI is InChI=1S/C14H26N4O2/c1-2-15-14(18-9-6-12(19)11-18)16-10-13(20)17-7-4-3-5-8-17/h12,19H,2-11H2,1H3,(H,15,16)/t12-/m1/s1. The molecule has 2 rings (SSSR count). The van der Waals surface area contributed by atoms with Gasteiger partial charge in [-0.05, 0) is 32.6 Å². The van der Waals surface area contributed by atoms with Gasteiger partial charge in [-0.15, -0.1) is 0 Å². The number of nitrogens with zero attached hydrogens (tertiary/aromatic N) is 3. The van der Waals surface area contributed by atoms with Gasteiger partial charge in [-0.3, -0.25) is 4.79 Å². The van der Waals surface area contributed by atoms with E-state index >= 15 is 0 Å². The normalized spacial score (nSPS) is 24.1. The van der Waals surface area contributed by atoms with Crippen molar-refractivity contribution in [1.82, 2.24) is 15.1 Å². The largest absolute Gasteiger partial charge is 0.391 e. The molecule has 0 bridgehead atoms. The van der Waals surface area contributed by atoms with Gasteiger partial charge in [0.1, 0.15) is 6.54 Å². The highest BCUT2D eigenvalue weighted by atomic mass is 16.3. The Morgan fingerprint density at radius 1 is 1.25 bits per heavy atom. The number of piperidine rings is 1. The summed E-state index contributed by atoms with van der Waals surface area (Å²) in [5.74, 6) is 0.856. The number of hydrogen-bond donors (Lipinski definition) is 2. The number of guanidine groups is 1. The summed E-state index contributed by atoms with van der Waals surface area (Å²) in [7, 11) is 0. The number of nitrogens with one attached hydrogen (secondary N) is 1. The number of likely N-dealkylation sites (tertiary alicyclic amines) is 2. The van der Waals surface area contributed by atoms with Gasteiger partial charge >= 0.3 is 0 Å². The third-order valence-corrected chi connectivity index (χ3v) is 3.87. The van der Waals surface area contributed by atoms with Crippen molar-refractivity contribution in [2.24, 2.45) is 4.99 Å². The molecule has 0 aliphatic carbocycles. The monoisotopic (exact) mass is 282 g/mol. The molecule has 2 aliphatic rings. The molecule has 1 atom stereocenters. The molecule has 0 aromatic carbocycles. The fourth-order valence-electron chi connectivity index (χ4n) is 2.75. The first-order valence-corrected chi connectivity index (χ1v) is 7.69. The number of aliphatic hydroxyl groups is 1. The second-order valence-electron chi connectivity index (χ2n) is 5.50. The predicted octanol–water partition coefficient (Wildman–Crippen LogP) is 0.0310. The lowest BCUT2D eigenvalue weighted by Gasteiger charge is -2.26. The van der Waals surface area contributed by atoms with Gasteiger partial charge in [-0.25, -0.2) is 4.99 Å². The third kappa shape index (κ3) is 4.10. The van der Waals surface area contributed by atoms with Crippen molar-refractivity contribution in [3.8, 4) is 0 Å². The summed E-state index contributed by atoms with van der Waals surface area (Å²) in [6.45, 7) is 6.11.